The summed E-state index contributed by atoms with van der Waals surface area (Å²) >= 11 is 1.53. The smallest absolute Gasteiger partial charge is 0.261 e. The van der Waals surface area contributed by atoms with Crippen molar-refractivity contribution in [2.24, 2.45) is 0 Å². The van der Waals surface area contributed by atoms with E-state index in [0.717, 1.165) is 21.2 Å². The minimum Gasteiger partial charge on any atom is -0.336 e. The first kappa shape index (κ1) is 21.4. The zero-order valence-electron chi connectivity index (χ0n) is 18.0. The van der Waals surface area contributed by atoms with Crippen LogP contribution in [0.15, 0.2) is 47.8 Å². The second-order valence-corrected chi connectivity index (χ2v) is 9.01. The number of imide groups is 1. The topological polar surface area (TPSA) is 73.8 Å². The van der Waals surface area contributed by atoms with Crippen LogP contribution in [-0.2, 0) is 6.54 Å². The van der Waals surface area contributed by atoms with Crippen molar-refractivity contribution in [1.29, 1.82) is 0 Å². The summed E-state index contributed by atoms with van der Waals surface area (Å²) in [5.41, 5.74) is 2.88. The van der Waals surface area contributed by atoms with Crippen LogP contribution in [0.2, 0.25) is 0 Å². The van der Waals surface area contributed by atoms with E-state index in [-0.39, 0.29) is 29.1 Å². The molecule has 3 amide bonds. The average molecular weight is 465 g/mol. The number of carbonyl (C=O) groups is 3. The van der Waals surface area contributed by atoms with E-state index in [4.69, 9.17) is 0 Å². The largest absolute Gasteiger partial charge is 0.336 e. The van der Waals surface area contributed by atoms with Gasteiger partial charge >= 0.3 is 0 Å². The summed E-state index contributed by atoms with van der Waals surface area (Å²) in [6.45, 7) is 3.23. The fourth-order valence-corrected chi connectivity index (χ4v) is 4.94. The van der Waals surface area contributed by atoms with Crippen molar-refractivity contribution >= 4 is 29.1 Å². The summed E-state index contributed by atoms with van der Waals surface area (Å²) in [5.74, 6) is -1.13. The molecule has 2 aliphatic rings. The molecule has 0 spiro atoms. The molecule has 2 aromatic carbocycles. The SMILES string of the molecule is CN1C(=O)c2ccc(C(=O)N3CCN(Cc4csc(-c5ccc(F)cc5)n4)CC3)cc2C1=O. The lowest BCUT2D eigenvalue weighted by molar-refractivity contribution is 0.0626. The summed E-state index contributed by atoms with van der Waals surface area (Å²) in [5, 5.41) is 2.87. The molecule has 9 heteroatoms. The molecule has 0 bridgehead atoms. The number of rotatable bonds is 4. The first-order valence-corrected chi connectivity index (χ1v) is 11.5. The van der Waals surface area contributed by atoms with Gasteiger partial charge in [-0.1, -0.05) is 0 Å². The fourth-order valence-electron chi connectivity index (χ4n) is 4.12. The molecular formula is C24H21FN4O3S. The van der Waals surface area contributed by atoms with Crippen LogP contribution in [-0.4, -0.2) is 70.6 Å². The van der Waals surface area contributed by atoms with Crippen LogP contribution >= 0.6 is 11.3 Å². The molecule has 0 atom stereocenters. The van der Waals surface area contributed by atoms with E-state index in [2.05, 4.69) is 9.88 Å². The molecule has 0 aliphatic carbocycles. The number of benzene rings is 2. The number of hydrogen-bond donors (Lipinski definition) is 0. The van der Waals surface area contributed by atoms with Crippen LogP contribution in [0.4, 0.5) is 4.39 Å². The van der Waals surface area contributed by atoms with Crippen molar-refractivity contribution in [1.82, 2.24) is 19.7 Å². The molecule has 1 aromatic heterocycles. The highest BCUT2D eigenvalue weighted by atomic mass is 32.1. The molecule has 5 rings (SSSR count). The Bertz CT molecular complexity index is 1250. The summed E-state index contributed by atoms with van der Waals surface area (Å²) in [7, 11) is 1.44. The predicted molar refractivity (Wildman–Crippen MR) is 122 cm³/mol. The molecule has 33 heavy (non-hydrogen) atoms. The Morgan fingerprint density at radius 2 is 1.70 bits per heavy atom. The highest BCUT2D eigenvalue weighted by Gasteiger charge is 2.34. The van der Waals surface area contributed by atoms with Crippen molar-refractivity contribution < 1.29 is 18.8 Å². The third-order valence-electron chi connectivity index (χ3n) is 6.02. The van der Waals surface area contributed by atoms with Crippen LogP contribution in [0.5, 0.6) is 0 Å². The van der Waals surface area contributed by atoms with Crippen LogP contribution < -0.4 is 0 Å². The molecule has 7 nitrogen and oxygen atoms in total. The van der Waals surface area contributed by atoms with E-state index < -0.39 is 0 Å². The van der Waals surface area contributed by atoms with Gasteiger partial charge in [0.15, 0.2) is 0 Å². The number of nitrogens with zero attached hydrogens (tertiary/aromatic N) is 4. The van der Waals surface area contributed by atoms with Crippen LogP contribution in [0.25, 0.3) is 10.6 Å². The molecule has 1 fully saturated rings. The summed E-state index contributed by atoms with van der Waals surface area (Å²) in [6, 6.07) is 11.0. The maximum Gasteiger partial charge on any atom is 0.261 e. The van der Waals surface area contributed by atoms with Gasteiger partial charge in [0.05, 0.1) is 16.8 Å². The van der Waals surface area contributed by atoms with E-state index in [1.807, 2.05) is 5.38 Å². The van der Waals surface area contributed by atoms with E-state index in [1.54, 1.807) is 29.2 Å². The van der Waals surface area contributed by atoms with Gasteiger partial charge in [0, 0.05) is 56.3 Å². The number of piperazine rings is 1. The maximum absolute atomic E-state index is 13.1. The minimum atomic E-state index is -0.377. The number of thiazole rings is 1. The van der Waals surface area contributed by atoms with Crippen LogP contribution in [0.3, 0.4) is 0 Å². The molecule has 0 radical (unpaired) electrons. The Morgan fingerprint density at radius 3 is 2.42 bits per heavy atom. The van der Waals surface area contributed by atoms with Gasteiger partial charge in [0.2, 0.25) is 0 Å². The van der Waals surface area contributed by atoms with Crippen molar-refractivity contribution in [3.05, 3.63) is 76.0 Å². The molecule has 0 unspecified atom stereocenters. The van der Waals surface area contributed by atoms with Crippen molar-refractivity contribution in [2.75, 3.05) is 33.2 Å². The summed E-state index contributed by atoms with van der Waals surface area (Å²) in [6.07, 6.45) is 0. The van der Waals surface area contributed by atoms with E-state index >= 15 is 0 Å². The second-order valence-electron chi connectivity index (χ2n) is 8.15. The summed E-state index contributed by atoms with van der Waals surface area (Å²) in [4.78, 5) is 47.0. The number of carbonyl (C=O) groups excluding carboxylic acids is 3. The van der Waals surface area contributed by atoms with Gasteiger partial charge in [0.25, 0.3) is 17.7 Å². The number of hydrogen-bond acceptors (Lipinski definition) is 6. The number of aromatic nitrogens is 1. The zero-order chi connectivity index (χ0) is 23.1. The maximum atomic E-state index is 13.1. The quantitative estimate of drug-likeness (QED) is 0.555. The third-order valence-corrected chi connectivity index (χ3v) is 6.96. The molecule has 1 saturated heterocycles. The molecule has 3 aromatic rings. The zero-order valence-corrected chi connectivity index (χ0v) is 18.8. The minimum absolute atomic E-state index is 0.139. The Hall–Kier alpha value is -3.43. The van der Waals surface area contributed by atoms with Gasteiger partial charge in [-0.3, -0.25) is 24.2 Å². The summed E-state index contributed by atoms with van der Waals surface area (Å²) < 4.78 is 13.1. The van der Waals surface area contributed by atoms with Crippen LogP contribution in [0, 0.1) is 5.82 Å². The molecule has 168 valence electrons. The monoisotopic (exact) mass is 464 g/mol. The highest BCUT2D eigenvalue weighted by molar-refractivity contribution is 7.13. The molecule has 2 aliphatic heterocycles. The van der Waals surface area contributed by atoms with Crippen molar-refractivity contribution in [2.45, 2.75) is 6.54 Å². The highest BCUT2D eigenvalue weighted by Crippen LogP contribution is 2.26. The molecule has 3 heterocycles. The van der Waals surface area contributed by atoms with Gasteiger partial charge in [-0.05, 0) is 42.5 Å². The van der Waals surface area contributed by atoms with E-state index in [9.17, 15) is 18.8 Å². The molecule has 0 N–H and O–H groups in total. The lowest BCUT2D eigenvalue weighted by Crippen LogP contribution is -2.48. The van der Waals surface area contributed by atoms with Gasteiger partial charge in [-0.2, -0.15) is 0 Å². The van der Waals surface area contributed by atoms with Crippen LogP contribution in [0.1, 0.15) is 36.8 Å². The first-order chi connectivity index (χ1) is 15.9. The Balaban J connectivity index is 1.20. The lowest BCUT2D eigenvalue weighted by Gasteiger charge is -2.34. The number of halogens is 1. The third kappa shape index (κ3) is 4.05. The second kappa shape index (κ2) is 8.49. The molecular weight excluding hydrogens is 443 g/mol. The fraction of sp³-hybridized carbons (Fsp3) is 0.250. The Morgan fingerprint density at radius 1 is 1.00 bits per heavy atom. The molecule has 0 saturated carbocycles. The van der Waals surface area contributed by atoms with Gasteiger partial charge < -0.3 is 4.90 Å². The normalized spacial score (nSPS) is 16.4. The lowest BCUT2D eigenvalue weighted by atomic mass is 10.0. The first-order valence-electron chi connectivity index (χ1n) is 10.6. The Kier molecular flexibility index (Phi) is 5.51. The number of amides is 3. The van der Waals surface area contributed by atoms with Crippen molar-refractivity contribution in [3.8, 4) is 10.6 Å². The van der Waals surface area contributed by atoms with Gasteiger partial charge in [-0.15, -0.1) is 11.3 Å². The van der Waals surface area contributed by atoms with Gasteiger partial charge in [0.1, 0.15) is 10.8 Å². The van der Waals surface area contributed by atoms with Crippen molar-refractivity contribution in [3.63, 3.8) is 0 Å². The standard InChI is InChI=1S/C24H21FN4O3S/c1-27-23(31)19-7-4-16(12-20(19)24(27)32)22(30)29-10-8-28(9-11-29)13-18-14-33-21(26-18)15-2-5-17(25)6-3-15/h2-7,12,14H,8-11,13H2,1H3. The Labute approximate surface area is 194 Å². The van der Waals surface area contributed by atoms with Gasteiger partial charge in [-0.25, -0.2) is 9.37 Å². The van der Waals surface area contributed by atoms with E-state index in [0.29, 0.717) is 43.9 Å². The predicted octanol–water partition coefficient (Wildman–Crippen LogP) is 3.13. The number of fused-ring (bicyclic) bond motifs is 1. The van der Waals surface area contributed by atoms with E-state index in [1.165, 1.54) is 36.6 Å². The average Bonchev–Trinajstić information content (AvgIpc) is 3.38.